The fraction of sp³-hybridized carbons (Fsp3) is 0.611. The van der Waals surface area contributed by atoms with E-state index in [-0.39, 0.29) is 17.5 Å². The molecule has 128 valence electrons. The zero-order valence-electron chi connectivity index (χ0n) is 14.1. The number of hydrogen-bond donors (Lipinski definition) is 1. The van der Waals surface area contributed by atoms with Crippen LogP contribution in [0.4, 0.5) is 4.39 Å². The van der Waals surface area contributed by atoms with Gasteiger partial charge in [0.2, 0.25) is 5.91 Å². The van der Waals surface area contributed by atoms with Gasteiger partial charge in [-0.05, 0) is 56.0 Å². The third kappa shape index (κ3) is 5.50. The molecule has 1 saturated heterocycles. The van der Waals surface area contributed by atoms with Crippen LogP contribution in [0.15, 0.2) is 18.2 Å². The summed E-state index contributed by atoms with van der Waals surface area (Å²) >= 11 is 0. The van der Waals surface area contributed by atoms with Gasteiger partial charge in [-0.2, -0.15) is 0 Å². The maximum atomic E-state index is 13.6. The fourth-order valence-corrected chi connectivity index (χ4v) is 3.07. The van der Waals surface area contributed by atoms with Gasteiger partial charge in [0.15, 0.2) is 11.6 Å². The number of hydrogen-bond acceptors (Lipinski definition) is 3. The van der Waals surface area contributed by atoms with Gasteiger partial charge >= 0.3 is 0 Å². The van der Waals surface area contributed by atoms with Crippen LogP contribution in [0.1, 0.15) is 31.7 Å². The van der Waals surface area contributed by atoms with Gasteiger partial charge in [0.25, 0.3) is 0 Å². The fourth-order valence-electron chi connectivity index (χ4n) is 3.07. The Labute approximate surface area is 138 Å². The average Bonchev–Trinajstić information content (AvgIpc) is 2.58. The minimum absolute atomic E-state index is 0.0369. The Morgan fingerprint density at radius 3 is 3.00 bits per heavy atom. The topological polar surface area (TPSA) is 41.6 Å². The van der Waals surface area contributed by atoms with E-state index in [4.69, 9.17) is 4.74 Å². The normalized spacial score (nSPS) is 18.7. The van der Waals surface area contributed by atoms with Crippen LogP contribution >= 0.6 is 0 Å². The molecule has 1 N–H and O–H groups in total. The number of benzene rings is 1. The van der Waals surface area contributed by atoms with Crippen LogP contribution in [-0.2, 0) is 11.2 Å². The van der Waals surface area contributed by atoms with E-state index in [1.54, 1.807) is 12.1 Å². The van der Waals surface area contributed by atoms with Gasteiger partial charge in [0.05, 0.1) is 7.11 Å². The summed E-state index contributed by atoms with van der Waals surface area (Å²) in [7, 11) is 1.44. The Hall–Kier alpha value is -1.62. The first kappa shape index (κ1) is 17.7. The number of nitrogens with zero attached hydrogens (tertiary/aromatic N) is 1. The minimum Gasteiger partial charge on any atom is -0.494 e. The highest BCUT2D eigenvalue weighted by Crippen LogP contribution is 2.18. The molecule has 0 radical (unpaired) electrons. The number of aryl methyl sites for hydroxylation is 1. The maximum absolute atomic E-state index is 13.6. The molecule has 0 aromatic heterocycles. The maximum Gasteiger partial charge on any atom is 0.220 e. The molecule has 1 aliphatic heterocycles. The van der Waals surface area contributed by atoms with Gasteiger partial charge < -0.3 is 15.0 Å². The van der Waals surface area contributed by atoms with Crippen molar-refractivity contribution in [1.82, 2.24) is 10.2 Å². The van der Waals surface area contributed by atoms with E-state index in [1.165, 1.54) is 32.6 Å². The van der Waals surface area contributed by atoms with Gasteiger partial charge in [-0.1, -0.05) is 13.0 Å². The van der Waals surface area contributed by atoms with E-state index < -0.39 is 0 Å². The number of carbonyl (C=O) groups is 1. The van der Waals surface area contributed by atoms with E-state index in [0.29, 0.717) is 18.8 Å². The molecular weight excluding hydrogens is 295 g/mol. The Bertz CT molecular complexity index is 522. The number of piperidine rings is 1. The van der Waals surface area contributed by atoms with Crippen molar-refractivity contribution in [3.8, 4) is 5.75 Å². The number of carbonyl (C=O) groups excluding carboxylic acids is 1. The van der Waals surface area contributed by atoms with Crippen LogP contribution in [-0.4, -0.2) is 44.1 Å². The third-order valence-corrected chi connectivity index (χ3v) is 4.50. The van der Waals surface area contributed by atoms with Gasteiger partial charge in [-0.3, -0.25) is 4.79 Å². The molecule has 1 atom stereocenters. The van der Waals surface area contributed by atoms with Crippen molar-refractivity contribution in [3.05, 3.63) is 29.6 Å². The first-order valence-corrected chi connectivity index (χ1v) is 8.43. The van der Waals surface area contributed by atoms with Crippen molar-refractivity contribution in [2.45, 2.75) is 32.6 Å². The standard InChI is InChI=1S/C18H27FN2O2/c1-3-21-10-4-5-15(13-21)12-20-18(22)9-7-14-6-8-17(23-2)16(19)11-14/h6,8,11,15H,3-5,7,9-10,12-13H2,1-2H3,(H,20,22)/t15-/m0/s1. The van der Waals surface area contributed by atoms with Crippen molar-refractivity contribution in [2.24, 2.45) is 5.92 Å². The summed E-state index contributed by atoms with van der Waals surface area (Å²) in [5.74, 6) is 0.434. The lowest BCUT2D eigenvalue weighted by Gasteiger charge is -2.31. The summed E-state index contributed by atoms with van der Waals surface area (Å²) in [6, 6.07) is 4.84. The number of ether oxygens (including phenoxy) is 1. The molecule has 0 spiro atoms. The summed E-state index contributed by atoms with van der Waals surface area (Å²) in [5, 5.41) is 3.02. The van der Waals surface area contributed by atoms with Crippen molar-refractivity contribution in [2.75, 3.05) is 33.3 Å². The van der Waals surface area contributed by atoms with Crippen LogP contribution in [0.2, 0.25) is 0 Å². The van der Waals surface area contributed by atoms with Crippen LogP contribution < -0.4 is 10.1 Å². The molecule has 5 heteroatoms. The number of halogens is 1. The lowest BCUT2D eigenvalue weighted by molar-refractivity contribution is -0.121. The Morgan fingerprint density at radius 2 is 2.30 bits per heavy atom. The Morgan fingerprint density at radius 1 is 1.48 bits per heavy atom. The largest absolute Gasteiger partial charge is 0.494 e. The van der Waals surface area contributed by atoms with E-state index in [2.05, 4.69) is 17.1 Å². The van der Waals surface area contributed by atoms with Crippen molar-refractivity contribution in [3.63, 3.8) is 0 Å². The molecule has 23 heavy (non-hydrogen) atoms. The van der Waals surface area contributed by atoms with Gasteiger partial charge in [-0.15, -0.1) is 0 Å². The second-order valence-corrected chi connectivity index (χ2v) is 6.17. The monoisotopic (exact) mass is 322 g/mol. The smallest absolute Gasteiger partial charge is 0.220 e. The first-order chi connectivity index (χ1) is 11.1. The van der Waals surface area contributed by atoms with E-state index >= 15 is 0 Å². The van der Waals surface area contributed by atoms with Crippen LogP contribution in [0, 0.1) is 11.7 Å². The highest BCUT2D eigenvalue weighted by molar-refractivity contribution is 5.76. The van der Waals surface area contributed by atoms with E-state index in [1.807, 2.05) is 0 Å². The molecule has 1 fully saturated rings. The summed E-state index contributed by atoms with van der Waals surface area (Å²) < 4.78 is 18.5. The zero-order chi connectivity index (χ0) is 16.7. The number of amides is 1. The molecule has 1 amide bonds. The molecule has 0 aliphatic carbocycles. The molecule has 0 bridgehead atoms. The molecule has 4 nitrogen and oxygen atoms in total. The SMILES string of the molecule is CCN1CCC[C@@H](CNC(=O)CCc2ccc(OC)c(F)c2)C1. The molecule has 1 aromatic rings. The zero-order valence-corrected chi connectivity index (χ0v) is 14.1. The lowest BCUT2D eigenvalue weighted by Crippen LogP contribution is -2.40. The summed E-state index contributed by atoms with van der Waals surface area (Å²) in [6.45, 7) is 6.24. The Kier molecular flexibility index (Phi) is 6.84. The van der Waals surface area contributed by atoms with Crippen molar-refractivity contribution >= 4 is 5.91 Å². The second-order valence-electron chi connectivity index (χ2n) is 6.17. The van der Waals surface area contributed by atoms with E-state index in [0.717, 1.165) is 25.2 Å². The number of likely N-dealkylation sites (tertiary alicyclic amines) is 1. The summed E-state index contributed by atoms with van der Waals surface area (Å²) in [4.78, 5) is 14.4. The summed E-state index contributed by atoms with van der Waals surface area (Å²) in [5.41, 5.74) is 0.813. The van der Waals surface area contributed by atoms with Crippen LogP contribution in [0.25, 0.3) is 0 Å². The molecule has 1 aliphatic rings. The highest BCUT2D eigenvalue weighted by atomic mass is 19.1. The van der Waals surface area contributed by atoms with Gasteiger partial charge in [-0.25, -0.2) is 4.39 Å². The van der Waals surface area contributed by atoms with Crippen LogP contribution in [0.5, 0.6) is 5.75 Å². The van der Waals surface area contributed by atoms with Gasteiger partial charge in [0, 0.05) is 19.5 Å². The minimum atomic E-state index is -0.382. The summed E-state index contributed by atoms with van der Waals surface area (Å²) in [6.07, 6.45) is 3.31. The highest BCUT2D eigenvalue weighted by Gasteiger charge is 2.19. The number of rotatable bonds is 7. The Balaban J connectivity index is 1.71. The molecule has 0 saturated carbocycles. The molecule has 1 aromatic carbocycles. The van der Waals surface area contributed by atoms with Crippen molar-refractivity contribution < 1.29 is 13.9 Å². The first-order valence-electron chi connectivity index (χ1n) is 8.43. The molecule has 0 unspecified atom stereocenters. The second kappa shape index (κ2) is 8.87. The third-order valence-electron chi connectivity index (χ3n) is 4.50. The predicted octanol–water partition coefficient (Wildman–Crippen LogP) is 2.62. The molecule has 2 rings (SSSR count). The average molecular weight is 322 g/mol. The quantitative estimate of drug-likeness (QED) is 0.839. The lowest BCUT2D eigenvalue weighted by atomic mass is 9.98. The predicted molar refractivity (Wildman–Crippen MR) is 89.1 cm³/mol. The van der Waals surface area contributed by atoms with Crippen molar-refractivity contribution in [1.29, 1.82) is 0 Å². The molecule has 1 heterocycles. The molecular formula is C18H27FN2O2. The number of nitrogens with one attached hydrogen (secondary N) is 1. The number of methoxy groups -OCH3 is 1. The van der Waals surface area contributed by atoms with E-state index in [9.17, 15) is 9.18 Å². The van der Waals surface area contributed by atoms with Gasteiger partial charge in [0.1, 0.15) is 0 Å². The van der Waals surface area contributed by atoms with Crippen LogP contribution in [0.3, 0.4) is 0 Å².